The highest BCUT2D eigenvalue weighted by molar-refractivity contribution is 5.92. The summed E-state index contributed by atoms with van der Waals surface area (Å²) in [6.07, 6.45) is -0.199. The zero-order chi connectivity index (χ0) is 36.6. The minimum Gasteiger partial charge on any atom is -0.445 e. The Bertz CT molecular complexity index is 1520. The van der Waals surface area contributed by atoms with Crippen molar-refractivity contribution in [2.24, 2.45) is 17.8 Å². The van der Waals surface area contributed by atoms with Crippen molar-refractivity contribution in [2.75, 3.05) is 6.54 Å². The predicted molar refractivity (Wildman–Crippen MR) is 197 cm³/mol. The minimum atomic E-state index is -1.12. The second-order valence-electron chi connectivity index (χ2n) is 14.1. The van der Waals surface area contributed by atoms with Crippen LogP contribution in [0.2, 0.25) is 0 Å². The maximum atomic E-state index is 14.0. The summed E-state index contributed by atoms with van der Waals surface area (Å²) < 4.78 is 5.47. The normalized spacial score (nSPS) is 14.3. The first-order valence-corrected chi connectivity index (χ1v) is 17.9. The van der Waals surface area contributed by atoms with Gasteiger partial charge in [-0.05, 0) is 52.5 Å². The maximum Gasteiger partial charge on any atom is 0.408 e. The number of carbonyl (C=O) groups is 4. The molecule has 0 fully saturated rings. The Morgan fingerprint density at radius 2 is 1.38 bits per heavy atom. The van der Waals surface area contributed by atoms with Gasteiger partial charge in [-0.2, -0.15) is 0 Å². The topological polar surface area (TPSA) is 146 Å². The number of amides is 4. The van der Waals surface area contributed by atoms with Gasteiger partial charge in [-0.3, -0.25) is 14.4 Å². The van der Waals surface area contributed by atoms with Crippen LogP contribution >= 0.6 is 0 Å². The average Bonchev–Trinajstić information content (AvgIpc) is 3.08. The summed E-state index contributed by atoms with van der Waals surface area (Å²) in [5, 5.41) is 24.5. The van der Waals surface area contributed by atoms with Gasteiger partial charge in [0.25, 0.3) is 0 Å². The number of alkyl carbamates (subject to hydrolysis) is 1. The number of aliphatic hydroxyl groups excluding tert-OH is 1. The lowest BCUT2D eigenvalue weighted by Crippen LogP contribution is -2.57. The van der Waals surface area contributed by atoms with Crippen molar-refractivity contribution in [1.82, 2.24) is 21.3 Å². The number of rotatable bonds is 19. The van der Waals surface area contributed by atoms with E-state index < -0.39 is 42.1 Å². The molecule has 0 saturated carbocycles. The largest absolute Gasteiger partial charge is 0.445 e. The minimum absolute atomic E-state index is 0.0306. The van der Waals surface area contributed by atoms with Gasteiger partial charge < -0.3 is 31.1 Å². The van der Waals surface area contributed by atoms with E-state index in [0.29, 0.717) is 25.3 Å². The molecule has 272 valence electrons. The highest BCUT2D eigenvalue weighted by Crippen LogP contribution is 2.20. The van der Waals surface area contributed by atoms with Crippen LogP contribution in [0.15, 0.2) is 72.8 Å². The predicted octanol–water partition coefficient (Wildman–Crippen LogP) is 5.65. The third-order valence-corrected chi connectivity index (χ3v) is 8.72. The smallest absolute Gasteiger partial charge is 0.408 e. The van der Waals surface area contributed by atoms with Gasteiger partial charge in [-0.15, -0.1) is 0 Å². The van der Waals surface area contributed by atoms with E-state index >= 15 is 0 Å². The molecule has 3 rings (SSSR count). The maximum absolute atomic E-state index is 14.0. The van der Waals surface area contributed by atoms with E-state index in [1.807, 2.05) is 114 Å². The van der Waals surface area contributed by atoms with Gasteiger partial charge in [-0.25, -0.2) is 4.79 Å². The molecule has 10 nitrogen and oxygen atoms in total. The number of hydrogen-bond donors (Lipinski definition) is 5. The first kappa shape index (κ1) is 40.0. The van der Waals surface area contributed by atoms with E-state index in [9.17, 15) is 24.3 Å². The molecule has 0 heterocycles. The number of ether oxygens (including phenoxy) is 1. The van der Waals surface area contributed by atoms with Crippen molar-refractivity contribution in [3.63, 3.8) is 0 Å². The van der Waals surface area contributed by atoms with Gasteiger partial charge in [0.15, 0.2) is 0 Å². The fourth-order valence-corrected chi connectivity index (χ4v) is 5.72. The monoisotopic (exact) mass is 688 g/mol. The zero-order valence-electron chi connectivity index (χ0n) is 30.4. The molecule has 0 aliphatic rings. The van der Waals surface area contributed by atoms with Crippen LogP contribution in [0.4, 0.5) is 4.79 Å². The van der Waals surface area contributed by atoms with Crippen molar-refractivity contribution >= 4 is 34.6 Å². The second-order valence-corrected chi connectivity index (χ2v) is 14.1. The molecule has 5 N–H and O–H groups in total. The number of aliphatic hydroxyl groups is 1. The SMILES string of the molecule is CCC(C)CNC(=O)CC(O)C(CC(C)C)NC(=O)[C@H](CC(C)C)NC(=O)[C@H](Cc1cccc2ccccc12)NC(=O)OCc1ccccc1. The third kappa shape index (κ3) is 13.5. The van der Waals surface area contributed by atoms with Gasteiger partial charge in [-0.1, -0.05) is 121 Å². The molecule has 50 heavy (non-hydrogen) atoms. The molecule has 4 amide bonds. The van der Waals surface area contributed by atoms with Crippen LogP contribution in [0.25, 0.3) is 10.8 Å². The van der Waals surface area contributed by atoms with Crippen molar-refractivity contribution in [1.29, 1.82) is 0 Å². The quantitative estimate of drug-likeness (QED) is 0.110. The molecule has 0 aliphatic carbocycles. The molecular formula is C40H56N4O6. The molecule has 10 heteroatoms. The van der Waals surface area contributed by atoms with Gasteiger partial charge in [0, 0.05) is 13.0 Å². The Balaban J connectivity index is 1.80. The van der Waals surface area contributed by atoms with E-state index in [1.54, 1.807) is 0 Å². The summed E-state index contributed by atoms with van der Waals surface area (Å²) in [7, 11) is 0. The summed E-state index contributed by atoms with van der Waals surface area (Å²) in [4.78, 5) is 53.5. The van der Waals surface area contributed by atoms with Crippen molar-refractivity contribution in [3.8, 4) is 0 Å². The van der Waals surface area contributed by atoms with Crippen LogP contribution in [0, 0.1) is 17.8 Å². The molecular weight excluding hydrogens is 632 g/mol. The fourth-order valence-electron chi connectivity index (χ4n) is 5.72. The molecule has 5 atom stereocenters. The van der Waals surface area contributed by atoms with Gasteiger partial charge in [0.2, 0.25) is 17.7 Å². The molecule has 0 aliphatic heterocycles. The Morgan fingerprint density at radius 1 is 0.740 bits per heavy atom. The molecule has 0 bridgehead atoms. The summed E-state index contributed by atoms with van der Waals surface area (Å²) in [5.74, 6) is -0.826. The Morgan fingerprint density at radius 3 is 2.06 bits per heavy atom. The summed E-state index contributed by atoms with van der Waals surface area (Å²) in [6.45, 7) is 12.5. The van der Waals surface area contributed by atoms with Crippen molar-refractivity contribution in [2.45, 2.75) is 104 Å². The molecule has 0 saturated heterocycles. The number of nitrogens with one attached hydrogen (secondary N) is 4. The number of carbonyl (C=O) groups excluding carboxylic acids is 4. The lowest BCUT2D eigenvalue weighted by molar-refractivity contribution is -0.131. The number of benzene rings is 3. The molecule has 3 unspecified atom stereocenters. The number of fused-ring (bicyclic) bond motifs is 1. The fraction of sp³-hybridized carbons (Fsp3) is 0.500. The zero-order valence-corrected chi connectivity index (χ0v) is 30.4. The molecule has 3 aromatic carbocycles. The summed E-state index contributed by atoms with van der Waals surface area (Å²) >= 11 is 0. The van der Waals surface area contributed by atoms with Crippen LogP contribution in [-0.4, -0.2) is 59.7 Å². The van der Waals surface area contributed by atoms with Crippen LogP contribution in [0.3, 0.4) is 0 Å². The van der Waals surface area contributed by atoms with Crippen LogP contribution < -0.4 is 21.3 Å². The Hall–Kier alpha value is -4.44. The summed E-state index contributed by atoms with van der Waals surface area (Å²) in [5.41, 5.74) is 1.65. The van der Waals surface area contributed by atoms with E-state index in [2.05, 4.69) is 21.3 Å². The lowest BCUT2D eigenvalue weighted by atomic mass is 9.95. The standard InChI is InChI=1S/C40H56N4O6/c1-7-28(6)24-41-37(46)23-36(45)33(20-26(2)3)42-38(47)34(21-27(4)5)43-39(48)35(44-40(49)50-25-29-14-9-8-10-15-29)22-31-18-13-17-30-16-11-12-19-32(30)31/h8-19,26-28,33-36,45H,7,20-25H2,1-6H3,(H,41,46)(H,42,47)(H,43,48)(H,44,49)/t28?,33?,34-,35-,36?/m0/s1. The molecule has 0 radical (unpaired) electrons. The Kier molecular flexibility index (Phi) is 16.2. The molecule has 0 aromatic heterocycles. The van der Waals surface area contributed by atoms with Gasteiger partial charge in [0.1, 0.15) is 18.7 Å². The Labute approximate surface area is 297 Å². The number of hydrogen-bond acceptors (Lipinski definition) is 6. The van der Waals surface area contributed by atoms with Crippen molar-refractivity contribution in [3.05, 3.63) is 83.9 Å². The van der Waals surface area contributed by atoms with Gasteiger partial charge in [0.05, 0.1) is 18.6 Å². The first-order valence-electron chi connectivity index (χ1n) is 17.9. The van der Waals surface area contributed by atoms with E-state index in [0.717, 1.165) is 28.3 Å². The first-order chi connectivity index (χ1) is 23.9. The van der Waals surface area contributed by atoms with E-state index in [-0.39, 0.29) is 37.2 Å². The molecule has 0 spiro atoms. The highest BCUT2D eigenvalue weighted by Gasteiger charge is 2.32. The average molecular weight is 689 g/mol. The van der Waals surface area contributed by atoms with E-state index in [1.165, 1.54) is 0 Å². The molecule has 3 aromatic rings. The van der Waals surface area contributed by atoms with Crippen LogP contribution in [-0.2, 0) is 32.1 Å². The van der Waals surface area contributed by atoms with Crippen LogP contribution in [0.1, 0.15) is 78.4 Å². The van der Waals surface area contributed by atoms with Gasteiger partial charge >= 0.3 is 6.09 Å². The third-order valence-electron chi connectivity index (χ3n) is 8.72. The van der Waals surface area contributed by atoms with Crippen molar-refractivity contribution < 1.29 is 29.0 Å². The highest BCUT2D eigenvalue weighted by atomic mass is 16.5. The van der Waals surface area contributed by atoms with Crippen LogP contribution in [0.5, 0.6) is 0 Å². The second kappa shape index (κ2) is 20.3. The van der Waals surface area contributed by atoms with E-state index in [4.69, 9.17) is 4.74 Å². The lowest BCUT2D eigenvalue weighted by Gasteiger charge is -2.29. The summed E-state index contributed by atoms with van der Waals surface area (Å²) in [6, 6.07) is 20.1.